The summed E-state index contributed by atoms with van der Waals surface area (Å²) in [5, 5.41) is 0.336. The van der Waals surface area contributed by atoms with Crippen LogP contribution >= 0.6 is 11.6 Å². The quantitative estimate of drug-likeness (QED) is 0.785. The molecule has 0 spiro atoms. The number of rotatable bonds is 1. The molecule has 0 unspecified atom stereocenters. The van der Waals surface area contributed by atoms with Crippen molar-refractivity contribution >= 4 is 17.5 Å². The summed E-state index contributed by atoms with van der Waals surface area (Å²) in [5.74, 6) is -0.745. The van der Waals surface area contributed by atoms with Crippen LogP contribution in [0.25, 0.3) is 5.73 Å². The summed E-state index contributed by atoms with van der Waals surface area (Å²) < 4.78 is 0. The third-order valence-electron chi connectivity index (χ3n) is 1.12. The van der Waals surface area contributed by atoms with Gasteiger partial charge >= 0.3 is 41.3 Å². The van der Waals surface area contributed by atoms with Crippen LogP contribution in [0.15, 0.2) is 24.3 Å². The Kier molecular flexibility index (Phi) is 5.23. The summed E-state index contributed by atoms with van der Waals surface area (Å²) >= 11 is 5.58. The maximum Gasteiger partial charge on any atom is 3.00 e. The zero-order valence-corrected chi connectivity index (χ0v) is 10.1. The molecule has 0 aliphatic heterocycles. The minimum Gasteiger partial charge on any atom is -0.664 e. The zero-order chi connectivity index (χ0) is 7.56. The van der Waals surface area contributed by atoms with Gasteiger partial charge in [0.25, 0.3) is 0 Å². The molecule has 0 heterocycles. The molecule has 0 radical (unpaired) electrons. The summed E-state index contributed by atoms with van der Waals surface area (Å²) in [6.45, 7) is 0. The standard InChI is InChI=1S/C7H6ClNO.Pr/c8-6-4-2-1-3-5(6)7(9)10;/h1-4H,(H2,9,10);/q;+3/p-1. The van der Waals surface area contributed by atoms with E-state index in [9.17, 15) is 4.79 Å². The minimum absolute atomic E-state index is 0. The van der Waals surface area contributed by atoms with Gasteiger partial charge in [-0.25, -0.2) is 0 Å². The summed E-state index contributed by atoms with van der Waals surface area (Å²) in [5.41, 5.74) is 6.99. The number of amides is 1. The predicted octanol–water partition coefficient (Wildman–Crippen LogP) is 2.53. The van der Waals surface area contributed by atoms with E-state index in [2.05, 4.69) is 0 Å². The van der Waals surface area contributed by atoms with Gasteiger partial charge in [-0.2, -0.15) is 0 Å². The van der Waals surface area contributed by atoms with Crippen molar-refractivity contribution in [1.29, 1.82) is 0 Å². The Balaban J connectivity index is 0.000001000. The average Bonchev–Trinajstić information content (AvgIpc) is 1.88. The summed E-state index contributed by atoms with van der Waals surface area (Å²) in [7, 11) is 0. The van der Waals surface area contributed by atoms with Crippen molar-refractivity contribution < 1.29 is 46.1 Å². The summed E-state index contributed by atoms with van der Waals surface area (Å²) in [6, 6.07) is 6.50. The van der Waals surface area contributed by atoms with E-state index in [1.165, 1.54) is 6.07 Å². The molecule has 52 valence electrons. The molecule has 0 saturated carbocycles. The van der Waals surface area contributed by atoms with Gasteiger partial charge in [0.1, 0.15) is 0 Å². The summed E-state index contributed by atoms with van der Waals surface area (Å²) in [6.07, 6.45) is 0. The van der Waals surface area contributed by atoms with Crippen molar-refractivity contribution in [2.45, 2.75) is 0 Å². The number of hydrogen-bond donors (Lipinski definition) is 0. The fraction of sp³-hybridized carbons (Fsp3) is 0. The zero-order valence-electron chi connectivity index (χ0n) is 5.67. The Morgan fingerprint density at radius 2 is 1.91 bits per heavy atom. The molecule has 1 N–H and O–H groups in total. The minimum atomic E-state index is -0.745. The van der Waals surface area contributed by atoms with Gasteiger partial charge in [0.2, 0.25) is 0 Å². The van der Waals surface area contributed by atoms with Crippen molar-refractivity contribution in [3.8, 4) is 0 Å². The van der Waals surface area contributed by atoms with E-state index in [0.717, 1.165) is 0 Å². The predicted molar refractivity (Wildman–Crippen MR) is 40.1 cm³/mol. The second-order valence-corrected chi connectivity index (χ2v) is 2.22. The number of hydrogen-bond acceptors (Lipinski definition) is 1. The number of halogens is 1. The van der Waals surface area contributed by atoms with E-state index in [-0.39, 0.29) is 46.9 Å². The molecule has 11 heavy (non-hydrogen) atoms. The smallest absolute Gasteiger partial charge is 0.664 e. The van der Waals surface area contributed by atoms with Crippen molar-refractivity contribution in [3.05, 3.63) is 40.6 Å². The van der Waals surface area contributed by atoms with E-state index in [4.69, 9.17) is 17.3 Å². The first-order chi connectivity index (χ1) is 4.72. The second kappa shape index (κ2) is 5.07. The van der Waals surface area contributed by atoms with Crippen LogP contribution in [-0.4, -0.2) is 5.91 Å². The largest absolute Gasteiger partial charge is 3.00 e. The number of benzene rings is 1. The van der Waals surface area contributed by atoms with Gasteiger partial charge in [-0.3, -0.25) is 0 Å². The molecule has 0 atom stereocenters. The molecule has 0 aliphatic carbocycles. The fourth-order valence-corrected chi connectivity index (χ4v) is 0.867. The van der Waals surface area contributed by atoms with Gasteiger partial charge in [0, 0.05) is 10.6 Å². The van der Waals surface area contributed by atoms with Gasteiger partial charge < -0.3 is 10.5 Å². The van der Waals surface area contributed by atoms with Crippen LogP contribution in [0, 0.1) is 41.3 Å². The van der Waals surface area contributed by atoms with E-state index in [1.807, 2.05) is 0 Å². The monoisotopic (exact) mass is 295 g/mol. The van der Waals surface area contributed by atoms with Crippen molar-refractivity contribution in [1.82, 2.24) is 0 Å². The molecule has 2 nitrogen and oxygen atoms in total. The van der Waals surface area contributed by atoms with Gasteiger partial charge in [0.05, 0.1) is 5.91 Å². The van der Waals surface area contributed by atoms with Gasteiger partial charge in [-0.1, -0.05) is 29.8 Å². The van der Waals surface area contributed by atoms with Gasteiger partial charge in [-0.05, 0) is 6.07 Å². The average molecular weight is 295 g/mol. The fourth-order valence-electron chi connectivity index (χ4n) is 0.645. The Morgan fingerprint density at radius 1 is 1.36 bits per heavy atom. The second-order valence-electron chi connectivity index (χ2n) is 1.81. The molecular weight excluding hydrogens is 290 g/mol. The molecule has 1 amide bonds. The molecule has 0 aliphatic rings. The van der Waals surface area contributed by atoms with E-state index in [1.54, 1.807) is 18.2 Å². The summed E-state index contributed by atoms with van der Waals surface area (Å²) in [4.78, 5) is 10.4. The maximum atomic E-state index is 10.4. The molecule has 0 bridgehead atoms. The first-order valence-corrected chi connectivity index (χ1v) is 3.10. The number of nitrogens with one attached hydrogen (secondary N) is 1. The molecule has 1 aromatic rings. The molecule has 1 rings (SSSR count). The van der Waals surface area contributed by atoms with Crippen LogP contribution in [0.2, 0.25) is 5.02 Å². The van der Waals surface area contributed by atoms with E-state index in [0.29, 0.717) is 5.02 Å². The molecular formula is C7H5ClNOPr+2. The Morgan fingerprint density at radius 3 is 2.27 bits per heavy atom. The Hall–Kier alpha value is 0.344. The molecule has 0 fully saturated rings. The normalized spacial score (nSPS) is 8.45. The van der Waals surface area contributed by atoms with Crippen LogP contribution in [0.4, 0.5) is 0 Å². The van der Waals surface area contributed by atoms with E-state index >= 15 is 0 Å². The van der Waals surface area contributed by atoms with Crippen LogP contribution in [-0.2, 0) is 0 Å². The third kappa shape index (κ3) is 3.06. The van der Waals surface area contributed by atoms with Crippen molar-refractivity contribution in [2.24, 2.45) is 0 Å². The van der Waals surface area contributed by atoms with Crippen LogP contribution in [0.5, 0.6) is 0 Å². The van der Waals surface area contributed by atoms with E-state index < -0.39 is 5.91 Å². The first-order valence-electron chi connectivity index (χ1n) is 2.72. The number of carbonyl (C=O) groups excluding carboxylic acids is 1. The van der Waals surface area contributed by atoms with Crippen LogP contribution < -0.4 is 0 Å². The van der Waals surface area contributed by atoms with Crippen molar-refractivity contribution in [3.63, 3.8) is 0 Å². The van der Waals surface area contributed by atoms with Crippen molar-refractivity contribution in [2.75, 3.05) is 0 Å². The Labute approximate surface area is 103 Å². The first kappa shape index (κ1) is 11.3. The van der Waals surface area contributed by atoms with Crippen LogP contribution in [0.1, 0.15) is 10.4 Å². The molecule has 4 heteroatoms. The third-order valence-corrected chi connectivity index (χ3v) is 1.45. The number of carbonyl (C=O) groups is 1. The van der Waals surface area contributed by atoms with Gasteiger partial charge in [0.15, 0.2) is 0 Å². The SMILES string of the molecule is [NH-]C(=O)c1ccccc1Cl.[Pr+3]. The maximum absolute atomic E-state index is 10.4. The molecule has 0 saturated heterocycles. The topological polar surface area (TPSA) is 40.9 Å². The van der Waals surface area contributed by atoms with Crippen LogP contribution in [0.3, 0.4) is 0 Å². The Bertz CT molecular complexity index is 264. The van der Waals surface area contributed by atoms with Gasteiger partial charge in [-0.15, -0.1) is 0 Å². The molecule has 0 aromatic heterocycles. The molecule has 1 aromatic carbocycles.